The lowest BCUT2D eigenvalue weighted by atomic mass is 9.97. The first-order valence-corrected chi connectivity index (χ1v) is 7.11. The van der Waals surface area contributed by atoms with Gasteiger partial charge in [0.25, 0.3) is 0 Å². The number of hydrogen-bond donors (Lipinski definition) is 1. The molecule has 1 aliphatic rings. The summed E-state index contributed by atoms with van der Waals surface area (Å²) < 4.78 is 5.84. The fourth-order valence-corrected chi connectivity index (χ4v) is 2.96. The normalized spacial score (nSPS) is 21.2. The van der Waals surface area contributed by atoms with Crippen molar-refractivity contribution in [1.29, 1.82) is 0 Å². The highest BCUT2D eigenvalue weighted by molar-refractivity contribution is 5.29. The number of nitrogens with one attached hydrogen (secondary N) is 1. The summed E-state index contributed by atoms with van der Waals surface area (Å²) in [6.45, 7) is 8.45. The Morgan fingerprint density at radius 2 is 2.00 bits per heavy atom. The van der Waals surface area contributed by atoms with Crippen LogP contribution in [0.1, 0.15) is 36.5 Å². The van der Waals surface area contributed by atoms with Crippen molar-refractivity contribution < 1.29 is 4.74 Å². The van der Waals surface area contributed by atoms with Crippen LogP contribution in [0.3, 0.4) is 0 Å². The first-order chi connectivity index (χ1) is 8.69. The highest BCUT2D eigenvalue weighted by atomic mass is 16.5. The van der Waals surface area contributed by atoms with Crippen LogP contribution in [0.5, 0.6) is 0 Å². The number of hydrogen-bond acceptors (Lipinski definition) is 2. The Morgan fingerprint density at radius 1 is 1.28 bits per heavy atom. The molecule has 0 aliphatic carbocycles. The van der Waals surface area contributed by atoms with Gasteiger partial charge in [0.15, 0.2) is 0 Å². The van der Waals surface area contributed by atoms with Gasteiger partial charge in [-0.2, -0.15) is 0 Å². The van der Waals surface area contributed by atoms with Gasteiger partial charge < -0.3 is 10.1 Å². The Balaban J connectivity index is 2.07. The van der Waals surface area contributed by atoms with Crippen molar-refractivity contribution >= 4 is 0 Å². The van der Waals surface area contributed by atoms with Crippen molar-refractivity contribution in [3.05, 3.63) is 34.9 Å². The summed E-state index contributed by atoms with van der Waals surface area (Å²) in [7, 11) is 0. The average molecular weight is 247 g/mol. The van der Waals surface area contributed by atoms with Crippen LogP contribution in [0.15, 0.2) is 18.2 Å². The van der Waals surface area contributed by atoms with E-state index in [9.17, 15) is 0 Å². The summed E-state index contributed by atoms with van der Waals surface area (Å²) in [6.07, 6.45) is 3.87. The van der Waals surface area contributed by atoms with Crippen molar-refractivity contribution in [3.63, 3.8) is 0 Å². The maximum atomic E-state index is 5.84. The van der Waals surface area contributed by atoms with Gasteiger partial charge in [-0.3, -0.25) is 0 Å². The summed E-state index contributed by atoms with van der Waals surface area (Å²) >= 11 is 0. The third-order valence-corrected chi connectivity index (χ3v) is 3.62. The monoisotopic (exact) mass is 247 g/mol. The minimum Gasteiger partial charge on any atom is -0.377 e. The van der Waals surface area contributed by atoms with Crippen LogP contribution in [0.25, 0.3) is 0 Å². The molecular formula is C16H25NO. The van der Waals surface area contributed by atoms with E-state index < -0.39 is 0 Å². The molecule has 1 aliphatic heterocycles. The van der Waals surface area contributed by atoms with Gasteiger partial charge in [-0.25, -0.2) is 0 Å². The SMILES string of the molecule is CCNC(Cc1cc(C)cc(C)c1)C1CCCO1. The molecule has 0 spiro atoms. The minimum absolute atomic E-state index is 0.394. The molecule has 2 atom stereocenters. The van der Waals surface area contributed by atoms with Gasteiger partial charge in [0.1, 0.15) is 0 Å². The Labute approximate surface area is 111 Å². The van der Waals surface area contributed by atoms with E-state index in [-0.39, 0.29) is 0 Å². The minimum atomic E-state index is 0.394. The van der Waals surface area contributed by atoms with Crippen LogP contribution in [0.4, 0.5) is 0 Å². The topological polar surface area (TPSA) is 21.3 Å². The molecule has 1 fully saturated rings. The molecule has 2 heteroatoms. The molecule has 1 aromatic rings. The van der Waals surface area contributed by atoms with E-state index in [1.54, 1.807) is 0 Å². The average Bonchev–Trinajstić information content (AvgIpc) is 2.80. The molecule has 1 saturated heterocycles. The highest BCUT2D eigenvalue weighted by Gasteiger charge is 2.25. The zero-order chi connectivity index (χ0) is 13.0. The van der Waals surface area contributed by atoms with E-state index >= 15 is 0 Å². The Morgan fingerprint density at radius 3 is 2.56 bits per heavy atom. The fourth-order valence-electron chi connectivity index (χ4n) is 2.96. The number of benzene rings is 1. The van der Waals surface area contributed by atoms with Crippen LogP contribution < -0.4 is 5.32 Å². The second kappa shape index (κ2) is 6.35. The van der Waals surface area contributed by atoms with Crippen molar-refractivity contribution in [2.24, 2.45) is 0 Å². The number of rotatable bonds is 5. The summed E-state index contributed by atoms with van der Waals surface area (Å²) in [5, 5.41) is 3.59. The van der Waals surface area contributed by atoms with Crippen molar-refractivity contribution in [1.82, 2.24) is 5.32 Å². The van der Waals surface area contributed by atoms with E-state index in [2.05, 4.69) is 44.3 Å². The summed E-state index contributed by atoms with van der Waals surface area (Å²) in [5.41, 5.74) is 4.13. The molecule has 0 bridgehead atoms. The molecule has 1 heterocycles. The largest absolute Gasteiger partial charge is 0.377 e. The van der Waals surface area contributed by atoms with Crippen LogP contribution >= 0.6 is 0 Å². The van der Waals surface area contributed by atoms with Crippen LogP contribution in [0, 0.1) is 13.8 Å². The molecule has 0 amide bonds. The predicted octanol–water partition coefficient (Wildman–Crippen LogP) is 3.00. The first-order valence-electron chi connectivity index (χ1n) is 7.11. The van der Waals surface area contributed by atoms with Crippen molar-refractivity contribution in [2.45, 2.75) is 52.2 Å². The number of ether oxygens (including phenoxy) is 1. The maximum absolute atomic E-state index is 5.84. The van der Waals surface area contributed by atoms with Gasteiger partial charge in [0.2, 0.25) is 0 Å². The smallest absolute Gasteiger partial charge is 0.0732 e. The van der Waals surface area contributed by atoms with E-state index in [4.69, 9.17) is 4.74 Å². The van der Waals surface area contributed by atoms with Crippen molar-refractivity contribution in [3.8, 4) is 0 Å². The van der Waals surface area contributed by atoms with Gasteiger partial charge >= 0.3 is 0 Å². The van der Waals surface area contributed by atoms with Crippen LogP contribution in [-0.2, 0) is 11.2 Å². The number of likely N-dealkylation sites (N-methyl/N-ethyl adjacent to an activating group) is 1. The van der Waals surface area contributed by atoms with Gasteiger partial charge in [-0.05, 0) is 45.2 Å². The molecule has 0 saturated carbocycles. The van der Waals surface area contributed by atoms with Gasteiger partial charge in [0.05, 0.1) is 6.10 Å². The summed E-state index contributed by atoms with van der Waals surface area (Å²) in [6, 6.07) is 7.29. The molecule has 2 nitrogen and oxygen atoms in total. The van der Waals surface area contributed by atoms with Gasteiger partial charge in [-0.1, -0.05) is 36.2 Å². The molecule has 1 N–H and O–H groups in total. The van der Waals surface area contributed by atoms with Crippen molar-refractivity contribution in [2.75, 3.05) is 13.2 Å². The second-order valence-electron chi connectivity index (χ2n) is 5.42. The van der Waals surface area contributed by atoms with Crippen LogP contribution in [0.2, 0.25) is 0 Å². The molecular weight excluding hydrogens is 222 g/mol. The first kappa shape index (κ1) is 13.6. The third kappa shape index (κ3) is 3.56. The zero-order valence-corrected chi connectivity index (χ0v) is 11.8. The Kier molecular flexibility index (Phi) is 4.79. The Hall–Kier alpha value is -0.860. The lowest BCUT2D eigenvalue weighted by molar-refractivity contribution is 0.0789. The lowest BCUT2D eigenvalue weighted by Crippen LogP contribution is -2.41. The molecule has 0 radical (unpaired) electrons. The number of aryl methyl sites for hydroxylation is 2. The zero-order valence-electron chi connectivity index (χ0n) is 11.8. The van der Waals surface area contributed by atoms with E-state index in [0.29, 0.717) is 12.1 Å². The van der Waals surface area contributed by atoms with E-state index in [1.807, 2.05) is 0 Å². The highest BCUT2D eigenvalue weighted by Crippen LogP contribution is 2.20. The Bertz CT molecular complexity index is 362. The molecule has 1 aromatic carbocycles. The standard InChI is InChI=1S/C16H25NO/c1-4-17-15(16-6-5-7-18-16)11-14-9-12(2)8-13(3)10-14/h8-10,15-17H,4-7,11H2,1-3H3. The maximum Gasteiger partial charge on any atom is 0.0732 e. The fraction of sp³-hybridized carbons (Fsp3) is 0.625. The summed E-state index contributed by atoms with van der Waals surface area (Å²) in [4.78, 5) is 0. The lowest BCUT2D eigenvalue weighted by Gasteiger charge is -2.24. The van der Waals surface area contributed by atoms with Gasteiger partial charge in [-0.15, -0.1) is 0 Å². The second-order valence-corrected chi connectivity index (χ2v) is 5.42. The third-order valence-electron chi connectivity index (χ3n) is 3.62. The molecule has 100 valence electrons. The molecule has 2 unspecified atom stereocenters. The summed E-state index contributed by atoms with van der Waals surface area (Å²) in [5.74, 6) is 0. The van der Waals surface area contributed by atoms with E-state index in [0.717, 1.165) is 19.6 Å². The quantitative estimate of drug-likeness (QED) is 0.863. The van der Waals surface area contributed by atoms with E-state index in [1.165, 1.54) is 29.5 Å². The van der Waals surface area contributed by atoms with Gasteiger partial charge in [0, 0.05) is 12.6 Å². The molecule has 0 aromatic heterocycles. The molecule has 18 heavy (non-hydrogen) atoms. The van der Waals surface area contributed by atoms with Crippen LogP contribution in [-0.4, -0.2) is 25.3 Å². The molecule has 2 rings (SSSR count). The predicted molar refractivity (Wildman–Crippen MR) is 76.1 cm³/mol.